The molecule has 0 aromatic rings. The van der Waals surface area contributed by atoms with Crippen LogP contribution in [0.3, 0.4) is 0 Å². The van der Waals surface area contributed by atoms with Crippen molar-refractivity contribution in [1.82, 2.24) is 4.90 Å². The van der Waals surface area contributed by atoms with Crippen LogP contribution in [0.15, 0.2) is 0 Å². The van der Waals surface area contributed by atoms with Gasteiger partial charge in [-0.2, -0.15) is 0 Å². The van der Waals surface area contributed by atoms with Crippen LogP contribution in [0.4, 0.5) is 4.79 Å². The molecule has 0 aromatic heterocycles. The fraction of sp³-hybridized carbons (Fsp3) is 0.857. The molecule has 5 heteroatoms. The van der Waals surface area contributed by atoms with Crippen molar-refractivity contribution >= 4 is 12.1 Å². The van der Waals surface area contributed by atoms with E-state index in [1.807, 2.05) is 0 Å². The number of rotatable bonds is 3. The second kappa shape index (κ2) is 6.26. The maximum atomic E-state index is 12.0. The van der Waals surface area contributed by atoms with Crippen LogP contribution in [0.5, 0.6) is 0 Å². The molecular weight excluding hydrogens is 246 g/mol. The van der Waals surface area contributed by atoms with Crippen molar-refractivity contribution in [2.45, 2.75) is 64.5 Å². The number of carbonyl (C=O) groups excluding carboxylic acids is 1. The van der Waals surface area contributed by atoms with E-state index in [1.54, 1.807) is 20.8 Å². The summed E-state index contributed by atoms with van der Waals surface area (Å²) in [6, 6.07) is -0.782. The summed E-state index contributed by atoms with van der Waals surface area (Å²) in [6.45, 7) is 5.32. The highest BCUT2D eigenvalue weighted by Gasteiger charge is 2.36. The van der Waals surface area contributed by atoms with E-state index in [0.29, 0.717) is 0 Å². The molecule has 0 aliphatic heterocycles. The van der Waals surface area contributed by atoms with Gasteiger partial charge < -0.3 is 9.84 Å². The number of carboxylic acid groups (broad SMARTS) is 1. The predicted molar refractivity (Wildman–Crippen MR) is 72.0 cm³/mol. The highest BCUT2D eigenvalue weighted by atomic mass is 16.6. The van der Waals surface area contributed by atoms with Crippen LogP contribution in [0.25, 0.3) is 0 Å². The molecule has 0 saturated heterocycles. The van der Waals surface area contributed by atoms with E-state index >= 15 is 0 Å². The molecule has 1 aliphatic rings. The molecular formula is C14H25NO4. The van der Waals surface area contributed by atoms with Crippen LogP contribution in [0, 0.1) is 5.92 Å². The Morgan fingerprint density at radius 2 is 1.74 bits per heavy atom. The van der Waals surface area contributed by atoms with E-state index in [-0.39, 0.29) is 5.92 Å². The fourth-order valence-electron chi connectivity index (χ4n) is 2.58. The number of likely N-dealkylation sites (N-methyl/N-ethyl adjacent to an activating group) is 1. The van der Waals surface area contributed by atoms with E-state index in [0.717, 1.165) is 32.1 Å². The lowest BCUT2D eigenvalue weighted by Crippen LogP contribution is -2.49. The van der Waals surface area contributed by atoms with Gasteiger partial charge in [-0.05, 0) is 39.5 Å². The zero-order valence-electron chi connectivity index (χ0n) is 12.3. The Labute approximate surface area is 114 Å². The van der Waals surface area contributed by atoms with E-state index < -0.39 is 23.7 Å². The Balaban J connectivity index is 2.74. The number of nitrogens with zero attached hydrogens (tertiary/aromatic N) is 1. The van der Waals surface area contributed by atoms with Crippen molar-refractivity contribution in [1.29, 1.82) is 0 Å². The lowest BCUT2D eigenvalue weighted by Gasteiger charge is -2.34. The standard InChI is InChI=1S/C14H25NO4/c1-14(2,3)19-13(18)15(4)11(12(16)17)10-8-6-5-7-9-10/h10-11H,5-9H2,1-4H3,(H,16,17). The van der Waals surface area contributed by atoms with E-state index in [2.05, 4.69) is 0 Å². The van der Waals surface area contributed by atoms with Gasteiger partial charge >= 0.3 is 12.1 Å². The predicted octanol–water partition coefficient (Wildman–Crippen LogP) is 2.89. The lowest BCUT2D eigenvalue weighted by molar-refractivity contribution is -0.145. The molecule has 0 bridgehead atoms. The third-order valence-corrected chi connectivity index (χ3v) is 3.45. The smallest absolute Gasteiger partial charge is 0.410 e. The summed E-state index contributed by atoms with van der Waals surface area (Å²) in [7, 11) is 1.52. The Morgan fingerprint density at radius 1 is 1.21 bits per heavy atom. The molecule has 1 atom stereocenters. The maximum Gasteiger partial charge on any atom is 0.410 e. The minimum absolute atomic E-state index is 0.0313. The second-order valence-electron chi connectivity index (χ2n) is 6.27. The molecule has 1 fully saturated rings. The molecule has 1 unspecified atom stereocenters. The summed E-state index contributed by atoms with van der Waals surface area (Å²) >= 11 is 0. The zero-order chi connectivity index (χ0) is 14.6. The van der Waals surface area contributed by atoms with Gasteiger partial charge in [0.05, 0.1) is 0 Å². The molecule has 110 valence electrons. The summed E-state index contributed by atoms with van der Waals surface area (Å²) in [4.78, 5) is 24.7. The van der Waals surface area contributed by atoms with Gasteiger partial charge in [-0.15, -0.1) is 0 Å². The maximum absolute atomic E-state index is 12.0. The van der Waals surface area contributed by atoms with E-state index in [1.165, 1.54) is 11.9 Å². The molecule has 1 aliphatic carbocycles. The van der Waals surface area contributed by atoms with Gasteiger partial charge in [-0.1, -0.05) is 19.3 Å². The average Bonchev–Trinajstić information content (AvgIpc) is 2.27. The Bertz CT molecular complexity index is 329. The summed E-state index contributed by atoms with van der Waals surface area (Å²) < 4.78 is 5.25. The minimum Gasteiger partial charge on any atom is -0.480 e. The first kappa shape index (κ1) is 15.8. The van der Waals surface area contributed by atoms with Crippen molar-refractivity contribution in [3.63, 3.8) is 0 Å². The van der Waals surface area contributed by atoms with Gasteiger partial charge in [0.15, 0.2) is 0 Å². The van der Waals surface area contributed by atoms with Crippen molar-refractivity contribution in [2.75, 3.05) is 7.05 Å². The highest BCUT2D eigenvalue weighted by Crippen LogP contribution is 2.29. The first-order valence-corrected chi connectivity index (χ1v) is 6.91. The van der Waals surface area contributed by atoms with Crippen LogP contribution >= 0.6 is 0 Å². The van der Waals surface area contributed by atoms with Crippen molar-refractivity contribution in [3.8, 4) is 0 Å². The molecule has 1 N–H and O–H groups in total. The number of aliphatic carboxylic acids is 1. The summed E-state index contributed by atoms with van der Waals surface area (Å²) in [6.07, 6.45) is 4.39. The monoisotopic (exact) mass is 271 g/mol. The van der Waals surface area contributed by atoms with E-state index in [9.17, 15) is 14.7 Å². The Hall–Kier alpha value is -1.26. The SMILES string of the molecule is CN(C(=O)OC(C)(C)C)C(C(=O)O)C1CCCCC1. The number of ether oxygens (including phenoxy) is 1. The summed E-state index contributed by atoms with van der Waals surface area (Å²) in [5.74, 6) is -0.913. The van der Waals surface area contributed by atoms with Crippen LogP contribution in [0.2, 0.25) is 0 Å². The van der Waals surface area contributed by atoms with Crippen LogP contribution in [-0.4, -0.2) is 40.8 Å². The third kappa shape index (κ3) is 4.73. The number of amides is 1. The quantitative estimate of drug-likeness (QED) is 0.857. The van der Waals surface area contributed by atoms with Crippen LogP contribution < -0.4 is 0 Å². The van der Waals surface area contributed by atoms with Gasteiger partial charge in [0.1, 0.15) is 11.6 Å². The number of hydrogen-bond acceptors (Lipinski definition) is 3. The largest absolute Gasteiger partial charge is 0.480 e. The van der Waals surface area contributed by atoms with Crippen molar-refractivity contribution < 1.29 is 19.4 Å². The number of carboxylic acids is 1. The molecule has 0 radical (unpaired) electrons. The van der Waals surface area contributed by atoms with Crippen LogP contribution in [-0.2, 0) is 9.53 Å². The van der Waals surface area contributed by atoms with Crippen molar-refractivity contribution in [2.24, 2.45) is 5.92 Å². The molecule has 0 aromatic carbocycles. The highest BCUT2D eigenvalue weighted by molar-refractivity contribution is 5.80. The van der Waals surface area contributed by atoms with Gasteiger partial charge in [0, 0.05) is 7.05 Å². The molecule has 1 rings (SSSR count). The minimum atomic E-state index is -0.944. The number of carbonyl (C=O) groups is 2. The van der Waals surface area contributed by atoms with Gasteiger partial charge in [-0.25, -0.2) is 9.59 Å². The topological polar surface area (TPSA) is 66.8 Å². The third-order valence-electron chi connectivity index (χ3n) is 3.45. The van der Waals surface area contributed by atoms with Gasteiger partial charge in [-0.3, -0.25) is 4.90 Å². The Morgan fingerprint density at radius 3 is 2.16 bits per heavy atom. The molecule has 1 amide bonds. The van der Waals surface area contributed by atoms with Crippen molar-refractivity contribution in [3.05, 3.63) is 0 Å². The molecule has 5 nitrogen and oxygen atoms in total. The average molecular weight is 271 g/mol. The summed E-state index contributed by atoms with van der Waals surface area (Å²) in [5.41, 5.74) is -0.610. The fourth-order valence-corrected chi connectivity index (χ4v) is 2.58. The number of hydrogen-bond donors (Lipinski definition) is 1. The second-order valence-corrected chi connectivity index (χ2v) is 6.27. The normalized spacial score (nSPS) is 18.7. The molecule has 1 saturated carbocycles. The molecule has 19 heavy (non-hydrogen) atoms. The van der Waals surface area contributed by atoms with E-state index in [4.69, 9.17) is 4.74 Å². The molecule has 0 heterocycles. The molecule has 0 spiro atoms. The van der Waals surface area contributed by atoms with Gasteiger partial charge in [0.2, 0.25) is 0 Å². The first-order chi connectivity index (χ1) is 8.72. The first-order valence-electron chi connectivity index (χ1n) is 6.91. The van der Waals surface area contributed by atoms with Crippen LogP contribution in [0.1, 0.15) is 52.9 Å². The lowest BCUT2D eigenvalue weighted by atomic mass is 9.83. The zero-order valence-corrected chi connectivity index (χ0v) is 12.3. The van der Waals surface area contributed by atoms with Gasteiger partial charge in [0.25, 0.3) is 0 Å². The summed E-state index contributed by atoms with van der Waals surface area (Å²) in [5, 5.41) is 9.39. The Kier molecular flexibility index (Phi) is 5.20.